The highest BCUT2D eigenvalue weighted by Crippen LogP contribution is 2.24. The molecule has 0 radical (unpaired) electrons. The van der Waals surface area contributed by atoms with E-state index >= 15 is 0 Å². The molecule has 1 saturated carbocycles. The molecule has 0 bridgehead atoms. The minimum Gasteiger partial charge on any atom is -0.209 e. The van der Waals surface area contributed by atoms with Crippen molar-refractivity contribution in [1.82, 2.24) is 4.72 Å². The normalized spacial score (nSPS) is 30.4. The van der Waals surface area contributed by atoms with Gasteiger partial charge in [-0.15, -0.1) is 0 Å². The Morgan fingerprint density at radius 1 is 1.50 bits per heavy atom. The lowest BCUT2D eigenvalue weighted by Crippen LogP contribution is -2.31. The number of hydrogen-bond acceptors (Lipinski definition) is 2. The summed E-state index contributed by atoms with van der Waals surface area (Å²) in [6, 6.07) is 0.128. The molecule has 1 rings (SSSR count). The Morgan fingerprint density at radius 2 is 2.17 bits per heavy atom. The van der Waals surface area contributed by atoms with E-state index < -0.39 is 10.0 Å². The monoisotopic (exact) mass is 189 g/mol. The first kappa shape index (κ1) is 9.74. The second-order valence-corrected chi connectivity index (χ2v) is 5.10. The molecule has 1 aliphatic rings. The summed E-state index contributed by atoms with van der Waals surface area (Å²) in [6.07, 6.45) is 3.02. The summed E-state index contributed by atoms with van der Waals surface area (Å²) in [7, 11) is -3.21. The number of sulfonamides is 1. The van der Waals surface area contributed by atoms with Crippen LogP contribution in [0.4, 0.5) is 0 Å². The molecule has 12 heavy (non-hydrogen) atoms. The van der Waals surface area contributed by atoms with Crippen LogP contribution in [0.15, 0.2) is 12.0 Å². The molecule has 0 heterocycles. The predicted octanol–water partition coefficient (Wildman–Crippen LogP) is 1.24. The first-order chi connectivity index (χ1) is 5.53. The van der Waals surface area contributed by atoms with Gasteiger partial charge in [-0.25, -0.2) is 13.1 Å². The van der Waals surface area contributed by atoms with E-state index in [0.29, 0.717) is 5.92 Å². The number of rotatable bonds is 3. The minimum atomic E-state index is -3.21. The molecule has 0 unspecified atom stereocenters. The van der Waals surface area contributed by atoms with Gasteiger partial charge in [-0.3, -0.25) is 0 Å². The van der Waals surface area contributed by atoms with Gasteiger partial charge in [0.1, 0.15) is 0 Å². The predicted molar refractivity (Wildman–Crippen MR) is 49.1 cm³/mol. The van der Waals surface area contributed by atoms with Gasteiger partial charge in [0, 0.05) is 11.4 Å². The lowest BCUT2D eigenvalue weighted by atomic mass is 10.1. The lowest BCUT2D eigenvalue weighted by Gasteiger charge is -2.09. The van der Waals surface area contributed by atoms with E-state index in [1.165, 1.54) is 0 Å². The first-order valence-electron chi connectivity index (χ1n) is 4.18. The molecule has 0 amide bonds. The fraction of sp³-hybridized carbons (Fsp3) is 0.750. The molecule has 1 N–H and O–H groups in total. The second-order valence-electron chi connectivity index (χ2n) is 3.44. The van der Waals surface area contributed by atoms with Crippen LogP contribution in [0.1, 0.15) is 26.2 Å². The van der Waals surface area contributed by atoms with E-state index in [9.17, 15) is 8.42 Å². The van der Waals surface area contributed by atoms with Gasteiger partial charge in [0.15, 0.2) is 0 Å². The molecular weight excluding hydrogens is 174 g/mol. The number of hydrogen-bond donors (Lipinski definition) is 1. The summed E-state index contributed by atoms with van der Waals surface area (Å²) in [5.74, 6) is 0.641. The Balaban J connectivity index is 2.48. The van der Waals surface area contributed by atoms with Crippen LogP contribution >= 0.6 is 0 Å². The molecular formula is C8H15NO2S. The molecule has 2 atom stereocenters. The Morgan fingerprint density at radius 3 is 2.58 bits per heavy atom. The van der Waals surface area contributed by atoms with Crippen LogP contribution < -0.4 is 4.72 Å². The Kier molecular flexibility index (Phi) is 2.90. The first-order valence-corrected chi connectivity index (χ1v) is 5.73. The highest BCUT2D eigenvalue weighted by molar-refractivity contribution is 7.92. The van der Waals surface area contributed by atoms with Gasteiger partial charge in [-0.05, 0) is 25.2 Å². The van der Waals surface area contributed by atoms with Crippen LogP contribution in [-0.2, 0) is 10.0 Å². The van der Waals surface area contributed by atoms with Gasteiger partial charge in [0.25, 0.3) is 0 Å². The highest BCUT2D eigenvalue weighted by Gasteiger charge is 2.23. The van der Waals surface area contributed by atoms with E-state index in [0.717, 1.165) is 24.7 Å². The average Bonchev–Trinajstić information content (AvgIpc) is 2.35. The van der Waals surface area contributed by atoms with Crippen molar-refractivity contribution in [1.29, 1.82) is 0 Å². The standard InChI is InChI=1S/C8H15NO2S/c1-3-12(10,11)9-8-5-4-7(2)6-8/h3,7-9H,1,4-6H2,2H3/t7-,8+/m0/s1. The molecule has 4 heteroatoms. The van der Waals surface area contributed by atoms with E-state index in [-0.39, 0.29) is 6.04 Å². The average molecular weight is 189 g/mol. The quantitative estimate of drug-likeness (QED) is 0.726. The maximum Gasteiger partial charge on any atom is 0.233 e. The van der Waals surface area contributed by atoms with Gasteiger partial charge in [0.2, 0.25) is 10.0 Å². The van der Waals surface area contributed by atoms with Crippen molar-refractivity contribution < 1.29 is 8.42 Å². The van der Waals surface area contributed by atoms with Gasteiger partial charge < -0.3 is 0 Å². The summed E-state index contributed by atoms with van der Waals surface area (Å²) in [5.41, 5.74) is 0. The van der Waals surface area contributed by atoms with Crippen LogP contribution in [0, 0.1) is 5.92 Å². The van der Waals surface area contributed by atoms with Gasteiger partial charge in [-0.1, -0.05) is 13.5 Å². The summed E-state index contributed by atoms with van der Waals surface area (Å²) >= 11 is 0. The molecule has 1 fully saturated rings. The maximum atomic E-state index is 11.0. The molecule has 0 saturated heterocycles. The van der Waals surface area contributed by atoms with Crippen molar-refractivity contribution in [3.05, 3.63) is 12.0 Å². The van der Waals surface area contributed by atoms with Crippen LogP contribution in [0.5, 0.6) is 0 Å². The third-order valence-electron chi connectivity index (χ3n) is 2.25. The number of nitrogens with one attached hydrogen (secondary N) is 1. The van der Waals surface area contributed by atoms with Crippen molar-refractivity contribution in [2.75, 3.05) is 0 Å². The van der Waals surface area contributed by atoms with Gasteiger partial charge in [0.05, 0.1) is 0 Å². The van der Waals surface area contributed by atoms with Crippen LogP contribution in [0.25, 0.3) is 0 Å². The molecule has 0 aromatic carbocycles. The van der Waals surface area contributed by atoms with E-state index in [2.05, 4.69) is 18.2 Å². The summed E-state index contributed by atoms with van der Waals surface area (Å²) in [5, 5.41) is 0.968. The molecule has 0 spiro atoms. The molecule has 0 aromatic heterocycles. The van der Waals surface area contributed by atoms with Crippen molar-refractivity contribution in [2.24, 2.45) is 5.92 Å². The molecule has 70 valence electrons. The summed E-state index contributed by atoms with van der Waals surface area (Å²) in [6.45, 7) is 5.38. The van der Waals surface area contributed by atoms with Crippen LogP contribution in [0.3, 0.4) is 0 Å². The molecule has 3 nitrogen and oxygen atoms in total. The van der Waals surface area contributed by atoms with Crippen LogP contribution in [-0.4, -0.2) is 14.5 Å². The fourth-order valence-corrected chi connectivity index (χ4v) is 2.37. The second kappa shape index (κ2) is 3.58. The van der Waals surface area contributed by atoms with E-state index in [1.807, 2.05) is 0 Å². The summed E-state index contributed by atoms with van der Waals surface area (Å²) in [4.78, 5) is 0. The Labute approximate surface area is 73.9 Å². The molecule has 1 aliphatic carbocycles. The zero-order chi connectivity index (χ0) is 9.19. The zero-order valence-corrected chi connectivity index (χ0v) is 8.10. The maximum absolute atomic E-state index is 11.0. The van der Waals surface area contributed by atoms with Crippen molar-refractivity contribution >= 4 is 10.0 Å². The van der Waals surface area contributed by atoms with E-state index in [1.54, 1.807) is 0 Å². The van der Waals surface area contributed by atoms with Crippen molar-refractivity contribution in [3.8, 4) is 0 Å². The Bertz CT molecular complexity index is 258. The largest absolute Gasteiger partial charge is 0.233 e. The third-order valence-corrected chi connectivity index (χ3v) is 3.35. The highest BCUT2D eigenvalue weighted by atomic mass is 32.2. The van der Waals surface area contributed by atoms with Crippen molar-refractivity contribution in [2.45, 2.75) is 32.2 Å². The SMILES string of the molecule is C=CS(=O)(=O)N[C@@H]1CC[C@H](C)C1. The van der Waals surface area contributed by atoms with Gasteiger partial charge in [-0.2, -0.15) is 0 Å². The third kappa shape index (κ3) is 2.60. The smallest absolute Gasteiger partial charge is 0.209 e. The lowest BCUT2D eigenvalue weighted by molar-refractivity contribution is 0.545. The Hall–Kier alpha value is -0.350. The molecule has 0 aliphatic heterocycles. The summed E-state index contributed by atoms with van der Waals surface area (Å²) < 4.78 is 24.7. The van der Waals surface area contributed by atoms with E-state index in [4.69, 9.17) is 0 Å². The minimum absolute atomic E-state index is 0.128. The van der Waals surface area contributed by atoms with Crippen LogP contribution in [0.2, 0.25) is 0 Å². The fourth-order valence-electron chi connectivity index (χ4n) is 1.59. The van der Waals surface area contributed by atoms with Crippen molar-refractivity contribution in [3.63, 3.8) is 0 Å². The zero-order valence-electron chi connectivity index (χ0n) is 7.29. The van der Waals surface area contributed by atoms with Gasteiger partial charge >= 0.3 is 0 Å². The topological polar surface area (TPSA) is 46.2 Å². The molecule has 0 aromatic rings.